The van der Waals surface area contributed by atoms with Crippen LogP contribution in [0, 0.1) is 11.3 Å². The number of aliphatic hydroxyl groups excluding tert-OH is 1. The molecule has 1 saturated carbocycles. The minimum absolute atomic E-state index is 0.222. The molecule has 1 aliphatic carbocycles. The molecule has 2 unspecified atom stereocenters. The van der Waals surface area contributed by atoms with Gasteiger partial charge in [-0.25, -0.2) is 0 Å². The molecule has 1 nitrogen and oxygen atoms in total. The van der Waals surface area contributed by atoms with Crippen LogP contribution in [-0.4, -0.2) is 11.2 Å². The van der Waals surface area contributed by atoms with Gasteiger partial charge in [-0.05, 0) is 35.3 Å². The lowest BCUT2D eigenvalue weighted by molar-refractivity contribution is 0.0309. The first-order valence-electron chi connectivity index (χ1n) is 8.75. The number of hydrogen-bond donors (Lipinski definition) is 1. The molecule has 0 aromatic heterocycles. The van der Waals surface area contributed by atoms with Gasteiger partial charge in [-0.2, -0.15) is 0 Å². The summed E-state index contributed by atoms with van der Waals surface area (Å²) in [7, 11) is 0. The quantitative estimate of drug-likeness (QED) is 0.790. The fourth-order valence-corrected chi connectivity index (χ4v) is 4.04. The van der Waals surface area contributed by atoms with E-state index in [1.165, 1.54) is 11.1 Å². The van der Waals surface area contributed by atoms with Crippen molar-refractivity contribution in [2.75, 3.05) is 0 Å². The predicted molar refractivity (Wildman–Crippen MR) is 96.6 cm³/mol. The van der Waals surface area contributed by atoms with Crippen LogP contribution in [0.25, 0.3) is 0 Å². The minimum Gasteiger partial charge on any atom is -0.392 e. The average Bonchev–Trinajstić information content (AvgIpc) is 2.55. The van der Waals surface area contributed by atoms with Crippen molar-refractivity contribution < 1.29 is 5.11 Å². The Morgan fingerprint density at radius 1 is 0.739 bits per heavy atom. The van der Waals surface area contributed by atoms with Gasteiger partial charge in [0.05, 0.1) is 6.10 Å². The van der Waals surface area contributed by atoms with E-state index in [0.29, 0.717) is 5.92 Å². The molecule has 2 aromatic carbocycles. The summed E-state index contributed by atoms with van der Waals surface area (Å²) < 4.78 is 0. The molecule has 1 aliphatic rings. The lowest BCUT2D eigenvalue weighted by Gasteiger charge is -2.45. The summed E-state index contributed by atoms with van der Waals surface area (Å²) >= 11 is 0. The molecule has 0 saturated heterocycles. The van der Waals surface area contributed by atoms with Gasteiger partial charge in [-0.1, -0.05) is 81.4 Å². The topological polar surface area (TPSA) is 20.2 Å². The molecule has 2 aromatic rings. The van der Waals surface area contributed by atoms with Crippen molar-refractivity contribution in [1.29, 1.82) is 0 Å². The summed E-state index contributed by atoms with van der Waals surface area (Å²) in [5.41, 5.74) is 2.81. The fourth-order valence-electron chi connectivity index (χ4n) is 4.04. The summed E-state index contributed by atoms with van der Waals surface area (Å²) in [5, 5.41) is 11.1. The molecule has 1 N–H and O–H groups in total. The van der Waals surface area contributed by atoms with E-state index in [-0.39, 0.29) is 23.4 Å². The largest absolute Gasteiger partial charge is 0.392 e. The van der Waals surface area contributed by atoms with Crippen LogP contribution < -0.4 is 0 Å². The van der Waals surface area contributed by atoms with Crippen molar-refractivity contribution >= 4 is 0 Å². The molecule has 1 heteroatoms. The zero-order chi connectivity index (χ0) is 16.4. The summed E-state index contributed by atoms with van der Waals surface area (Å²) in [6.07, 6.45) is 1.83. The Kier molecular flexibility index (Phi) is 4.59. The summed E-state index contributed by atoms with van der Waals surface area (Å²) in [6, 6.07) is 21.1. The number of benzene rings is 2. The Morgan fingerprint density at radius 2 is 1.13 bits per heavy atom. The third-order valence-corrected chi connectivity index (χ3v) is 5.58. The number of aliphatic hydroxyl groups is 1. The average molecular weight is 308 g/mol. The highest BCUT2D eigenvalue weighted by Crippen LogP contribution is 2.49. The minimum atomic E-state index is -0.307. The lowest BCUT2D eigenvalue weighted by atomic mass is 9.62. The van der Waals surface area contributed by atoms with Crippen LogP contribution in [-0.2, 0) is 0 Å². The van der Waals surface area contributed by atoms with Crippen LogP contribution in [0.4, 0.5) is 0 Å². The van der Waals surface area contributed by atoms with Gasteiger partial charge >= 0.3 is 0 Å². The van der Waals surface area contributed by atoms with Crippen molar-refractivity contribution in [2.24, 2.45) is 11.3 Å². The highest BCUT2D eigenvalue weighted by atomic mass is 16.3. The number of hydrogen-bond acceptors (Lipinski definition) is 1. The van der Waals surface area contributed by atoms with E-state index in [9.17, 15) is 5.11 Å². The maximum atomic E-state index is 11.1. The zero-order valence-corrected chi connectivity index (χ0v) is 14.4. The van der Waals surface area contributed by atoms with E-state index in [4.69, 9.17) is 0 Å². The van der Waals surface area contributed by atoms with Gasteiger partial charge in [-0.15, -0.1) is 0 Å². The summed E-state index contributed by atoms with van der Waals surface area (Å²) in [4.78, 5) is 0. The van der Waals surface area contributed by atoms with Gasteiger partial charge in [0.25, 0.3) is 0 Å². The first-order chi connectivity index (χ1) is 11.0. The van der Waals surface area contributed by atoms with Crippen molar-refractivity contribution in [3.8, 4) is 0 Å². The monoisotopic (exact) mass is 308 g/mol. The van der Waals surface area contributed by atoms with Crippen LogP contribution in [0.15, 0.2) is 60.7 Å². The van der Waals surface area contributed by atoms with Gasteiger partial charge in [0, 0.05) is 11.8 Å². The molecule has 1 fully saturated rings. The number of rotatable bonds is 2. The highest BCUT2D eigenvalue weighted by Gasteiger charge is 2.41. The van der Waals surface area contributed by atoms with Gasteiger partial charge in [0.15, 0.2) is 0 Å². The van der Waals surface area contributed by atoms with E-state index in [2.05, 4.69) is 81.4 Å². The first kappa shape index (κ1) is 16.3. The molecule has 0 amide bonds. The molecule has 0 bridgehead atoms. The SMILES string of the molecule is CC(C)(C)C1CC(c2ccccc2)C(O)C(c2ccccc2)C1. The maximum absolute atomic E-state index is 11.1. The standard InChI is InChI=1S/C22H28O/c1-22(2,3)18-14-19(16-10-6-4-7-11-16)21(23)20(15-18)17-12-8-5-9-13-17/h4-13,18-21,23H,14-15H2,1-3H3. The van der Waals surface area contributed by atoms with Gasteiger partial charge < -0.3 is 5.11 Å². The Balaban J connectivity index is 1.96. The maximum Gasteiger partial charge on any atom is 0.0677 e. The second-order valence-electron chi connectivity index (χ2n) is 8.06. The second-order valence-corrected chi connectivity index (χ2v) is 8.06. The molecule has 3 rings (SSSR count). The smallest absolute Gasteiger partial charge is 0.0677 e. The molecule has 0 heterocycles. The fraction of sp³-hybridized carbons (Fsp3) is 0.455. The normalized spacial score (nSPS) is 28.5. The molecule has 23 heavy (non-hydrogen) atoms. The highest BCUT2D eigenvalue weighted by molar-refractivity contribution is 5.28. The van der Waals surface area contributed by atoms with Crippen LogP contribution in [0.3, 0.4) is 0 Å². The Morgan fingerprint density at radius 3 is 1.48 bits per heavy atom. The van der Waals surface area contributed by atoms with Crippen LogP contribution in [0.2, 0.25) is 0 Å². The Bertz CT molecular complexity index is 562. The molecule has 0 aliphatic heterocycles. The summed E-state index contributed by atoms with van der Waals surface area (Å²) in [6.45, 7) is 7.00. The van der Waals surface area contributed by atoms with Crippen LogP contribution in [0.1, 0.15) is 56.6 Å². The van der Waals surface area contributed by atoms with E-state index >= 15 is 0 Å². The second kappa shape index (κ2) is 6.49. The molecule has 0 radical (unpaired) electrons. The Hall–Kier alpha value is -1.60. The molecular formula is C22H28O. The molecule has 2 atom stereocenters. The van der Waals surface area contributed by atoms with Crippen molar-refractivity contribution in [3.05, 3.63) is 71.8 Å². The molecular weight excluding hydrogens is 280 g/mol. The molecule has 0 spiro atoms. The van der Waals surface area contributed by atoms with Gasteiger partial charge in [0.1, 0.15) is 0 Å². The zero-order valence-electron chi connectivity index (χ0n) is 14.4. The van der Waals surface area contributed by atoms with Crippen molar-refractivity contribution in [3.63, 3.8) is 0 Å². The third kappa shape index (κ3) is 3.50. The van der Waals surface area contributed by atoms with E-state index in [1.54, 1.807) is 0 Å². The van der Waals surface area contributed by atoms with Crippen molar-refractivity contribution in [2.45, 2.75) is 51.6 Å². The van der Waals surface area contributed by atoms with Gasteiger partial charge in [-0.3, -0.25) is 0 Å². The summed E-state index contributed by atoms with van der Waals surface area (Å²) in [5.74, 6) is 1.06. The van der Waals surface area contributed by atoms with Crippen molar-refractivity contribution in [1.82, 2.24) is 0 Å². The first-order valence-corrected chi connectivity index (χ1v) is 8.75. The van der Waals surface area contributed by atoms with E-state index in [0.717, 1.165) is 12.8 Å². The lowest BCUT2D eigenvalue weighted by Crippen LogP contribution is -2.38. The molecule has 122 valence electrons. The van der Waals surface area contributed by atoms with E-state index < -0.39 is 0 Å². The van der Waals surface area contributed by atoms with Crippen LogP contribution >= 0.6 is 0 Å². The predicted octanol–water partition coefficient (Wildman–Crippen LogP) is 5.37. The third-order valence-electron chi connectivity index (χ3n) is 5.58. The van der Waals surface area contributed by atoms with E-state index in [1.807, 2.05) is 0 Å². The van der Waals surface area contributed by atoms with Gasteiger partial charge in [0.2, 0.25) is 0 Å². The Labute approximate surface area is 140 Å². The van der Waals surface area contributed by atoms with Crippen LogP contribution in [0.5, 0.6) is 0 Å².